The lowest BCUT2D eigenvalue weighted by molar-refractivity contribution is 0.0990. The second-order valence-corrected chi connectivity index (χ2v) is 6.86. The highest BCUT2D eigenvalue weighted by atomic mass is 79.9. The number of aryl methyl sites for hydroxylation is 1. The molecule has 0 N–H and O–H groups in total. The van der Waals surface area contributed by atoms with Crippen molar-refractivity contribution in [3.05, 3.63) is 63.5 Å². The Hall–Kier alpha value is -2.32. The minimum Gasteiger partial charge on any atom is -0.437 e. The first-order valence-corrected chi connectivity index (χ1v) is 8.91. The van der Waals surface area contributed by atoms with Crippen LogP contribution in [0.15, 0.2) is 46.4 Å². The van der Waals surface area contributed by atoms with E-state index < -0.39 is 5.82 Å². The predicted octanol–water partition coefficient (Wildman–Crippen LogP) is 4.82. The Morgan fingerprint density at radius 2 is 2.16 bits per heavy atom. The fourth-order valence-electron chi connectivity index (χ4n) is 2.06. The molecule has 0 aliphatic carbocycles. The Morgan fingerprint density at radius 1 is 1.36 bits per heavy atom. The molecule has 0 aliphatic rings. The fourth-order valence-corrected chi connectivity index (χ4v) is 3.26. The van der Waals surface area contributed by atoms with Crippen LogP contribution in [0.4, 0.5) is 9.52 Å². The summed E-state index contributed by atoms with van der Waals surface area (Å²) in [5, 5.41) is 2.45. The highest BCUT2D eigenvalue weighted by molar-refractivity contribution is 9.10. The average Bonchev–Trinajstić information content (AvgIpc) is 3.03. The van der Waals surface area contributed by atoms with Crippen LogP contribution in [0.5, 0.6) is 11.6 Å². The molecule has 128 valence electrons. The van der Waals surface area contributed by atoms with Crippen LogP contribution in [0.1, 0.15) is 16.1 Å². The molecule has 1 aromatic carbocycles. The minimum absolute atomic E-state index is 0.139. The van der Waals surface area contributed by atoms with Gasteiger partial charge in [0, 0.05) is 18.6 Å². The first-order chi connectivity index (χ1) is 12.0. The summed E-state index contributed by atoms with van der Waals surface area (Å²) >= 11 is 4.62. The average molecular weight is 422 g/mol. The monoisotopic (exact) mass is 421 g/mol. The number of carbonyl (C=O) groups is 1. The molecule has 8 heteroatoms. The van der Waals surface area contributed by atoms with Gasteiger partial charge in [0.15, 0.2) is 5.13 Å². The number of rotatable bonds is 4. The Balaban J connectivity index is 1.91. The molecule has 0 aliphatic heterocycles. The van der Waals surface area contributed by atoms with Crippen molar-refractivity contribution in [3.63, 3.8) is 0 Å². The van der Waals surface area contributed by atoms with E-state index in [1.165, 1.54) is 40.6 Å². The van der Waals surface area contributed by atoms with Crippen molar-refractivity contribution in [2.75, 3.05) is 11.9 Å². The lowest BCUT2D eigenvalue weighted by Gasteiger charge is -2.16. The summed E-state index contributed by atoms with van der Waals surface area (Å²) < 4.78 is 19.4. The molecule has 0 spiro atoms. The summed E-state index contributed by atoms with van der Waals surface area (Å²) in [6, 6.07) is 7.30. The third-order valence-corrected chi connectivity index (χ3v) is 4.96. The fraction of sp³-hybridized carbons (Fsp3) is 0.118. The molecule has 0 saturated carbocycles. The number of hydrogen-bond acceptors (Lipinski definition) is 5. The Bertz CT molecular complexity index is 932. The number of carbonyl (C=O) groups excluding carboxylic acids is 1. The number of thiazole rings is 1. The number of ether oxygens (including phenoxy) is 1. The molecular weight excluding hydrogens is 409 g/mol. The van der Waals surface area contributed by atoms with E-state index >= 15 is 0 Å². The molecule has 0 radical (unpaired) electrons. The van der Waals surface area contributed by atoms with Crippen molar-refractivity contribution in [2.45, 2.75) is 6.92 Å². The number of benzene rings is 1. The molecule has 2 heterocycles. The van der Waals surface area contributed by atoms with Crippen molar-refractivity contribution in [1.82, 2.24) is 9.97 Å². The maximum absolute atomic E-state index is 13.2. The Morgan fingerprint density at radius 3 is 2.84 bits per heavy atom. The third-order valence-electron chi connectivity index (χ3n) is 3.30. The van der Waals surface area contributed by atoms with E-state index in [9.17, 15) is 9.18 Å². The number of anilines is 1. The normalized spacial score (nSPS) is 10.6. The molecule has 2 aromatic heterocycles. The van der Waals surface area contributed by atoms with Gasteiger partial charge in [-0.1, -0.05) is 0 Å². The molecule has 0 unspecified atom stereocenters. The van der Waals surface area contributed by atoms with Gasteiger partial charge >= 0.3 is 0 Å². The van der Waals surface area contributed by atoms with Crippen LogP contribution in [0.25, 0.3) is 0 Å². The molecule has 0 atom stereocenters. The van der Waals surface area contributed by atoms with Crippen LogP contribution < -0.4 is 9.64 Å². The van der Waals surface area contributed by atoms with Crippen molar-refractivity contribution < 1.29 is 13.9 Å². The van der Waals surface area contributed by atoms with E-state index in [0.29, 0.717) is 15.4 Å². The largest absolute Gasteiger partial charge is 0.437 e. The van der Waals surface area contributed by atoms with E-state index in [2.05, 4.69) is 25.9 Å². The predicted molar refractivity (Wildman–Crippen MR) is 98.0 cm³/mol. The standard InChI is InChI=1S/C17H13BrFN3O2S/c1-10-9-25-17(21-10)22(2)16(23)12-4-3-7-20-15(12)24-14-6-5-11(19)8-13(14)18/h3-9H,1-2H3. The number of pyridine rings is 1. The van der Waals surface area contributed by atoms with Crippen LogP contribution in [0, 0.1) is 12.7 Å². The van der Waals surface area contributed by atoms with Gasteiger partial charge in [-0.05, 0) is 53.2 Å². The van der Waals surface area contributed by atoms with Crippen molar-refractivity contribution in [1.29, 1.82) is 0 Å². The highest BCUT2D eigenvalue weighted by Crippen LogP contribution is 2.31. The van der Waals surface area contributed by atoms with Crippen LogP contribution in [-0.4, -0.2) is 22.9 Å². The first kappa shape index (κ1) is 17.5. The molecule has 25 heavy (non-hydrogen) atoms. The van der Waals surface area contributed by atoms with E-state index in [0.717, 1.165) is 5.69 Å². The number of amides is 1. The summed E-state index contributed by atoms with van der Waals surface area (Å²) in [7, 11) is 1.64. The lowest BCUT2D eigenvalue weighted by Crippen LogP contribution is -2.26. The van der Waals surface area contributed by atoms with Crippen LogP contribution in [0.2, 0.25) is 0 Å². The molecule has 0 fully saturated rings. The maximum Gasteiger partial charge on any atom is 0.265 e. The van der Waals surface area contributed by atoms with Gasteiger partial charge in [0.2, 0.25) is 5.88 Å². The summed E-state index contributed by atoms with van der Waals surface area (Å²) in [4.78, 5) is 22.7. The lowest BCUT2D eigenvalue weighted by atomic mass is 10.2. The van der Waals surface area contributed by atoms with Crippen LogP contribution >= 0.6 is 27.3 Å². The van der Waals surface area contributed by atoms with Gasteiger partial charge in [0.25, 0.3) is 5.91 Å². The topological polar surface area (TPSA) is 55.3 Å². The molecule has 0 saturated heterocycles. The summed E-state index contributed by atoms with van der Waals surface area (Å²) in [5.41, 5.74) is 1.13. The Labute approximate surface area is 156 Å². The smallest absolute Gasteiger partial charge is 0.265 e. The van der Waals surface area contributed by atoms with Gasteiger partial charge in [-0.2, -0.15) is 0 Å². The zero-order valence-corrected chi connectivity index (χ0v) is 15.8. The first-order valence-electron chi connectivity index (χ1n) is 7.24. The molecular formula is C17H13BrFN3O2S. The number of aromatic nitrogens is 2. The zero-order chi connectivity index (χ0) is 18.0. The summed E-state index contributed by atoms with van der Waals surface area (Å²) in [6.45, 7) is 1.86. The van der Waals surface area contributed by atoms with E-state index in [4.69, 9.17) is 4.74 Å². The van der Waals surface area contributed by atoms with Crippen molar-refractivity contribution in [2.24, 2.45) is 0 Å². The van der Waals surface area contributed by atoms with Crippen LogP contribution in [0.3, 0.4) is 0 Å². The zero-order valence-electron chi connectivity index (χ0n) is 13.4. The van der Waals surface area contributed by atoms with Crippen molar-refractivity contribution in [3.8, 4) is 11.6 Å². The molecule has 1 amide bonds. The van der Waals surface area contributed by atoms with E-state index in [-0.39, 0.29) is 17.4 Å². The van der Waals surface area contributed by atoms with E-state index in [1.807, 2.05) is 12.3 Å². The Kier molecular flexibility index (Phi) is 5.10. The summed E-state index contributed by atoms with van der Waals surface area (Å²) in [5.74, 6) is -0.187. The highest BCUT2D eigenvalue weighted by Gasteiger charge is 2.21. The minimum atomic E-state index is -0.393. The van der Waals surface area contributed by atoms with Gasteiger partial charge in [-0.25, -0.2) is 14.4 Å². The van der Waals surface area contributed by atoms with Gasteiger partial charge in [-0.15, -0.1) is 11.3 Å². The van der Waals surface area contributed by atoms with E-state index in [1.54, 1.807) is 19.2 Å². The maximum atomic E-state index is 13.2. The number of hydrogen-bond donors (Lipinski definition) is 0. The molecule has 3 rings (SSSR count). The number of nitrogens with zero attached hydrogens (tertiary/aromatic N) is 3. The quantitative estimate of drug-likeness (QED) is 0.605. The molecule has 0 bridgehead atoms. The third kappa shape index (κ3) is 3.85. The number of halogens is 2. The van der Waals surface area contributed by atoms with Crippen molar-refractivity contribution >= 4 is 38.3 Å². The molecule has 5 nitrogen and oxygen atoms in total. The second kappa shape index (κ2) is 7.28. The summed E-state index contributed by atoms with van der Waals surface area (Å²) in [6.07, 6.45) is 1.52. The van der Waals surface area contributed by atoms with Gasteiger partial charge in [-0.3, -0.25) is 9.69 Å². The van der Waals surface area contributed by atoms with Gasteiger partial charge in [0.05, 0.1) is 10.2 Å². The van der Waals surface area contributed by atoms with Crippen LogP contribution in [-0.2, 0) is 0 Å². The SMILES string of the molecule is Cc1csc(N(C)C(=O)c2cccnc2Oc2ccc(F)cc2Br)n1. The molecule has 3 aromatic rings. The second-order valence-electron chi connectivity index (χ2n) is 5.17. The van der Waals surface area contributed by atoms with Gasteiger partial charge in [0.1, 0.15) is 17.1 Å². The van der Waals surface area contributed by atoms with Gasteiger partial charge < -0.3 is 4.74 Å².